The summed E-state index contributed by atoms with van der Waals surface area (Å²) in [6.45, 7) is 1.58. The second-order valence-electron chi connectivity index (χ2n) is 6.05. The van der Waals surface area contributed by atoms with Crippen LogP contribution in [0.4, 0.5) is 4.39 Å². The minimum atomic E-state index is -0.816. The van der Waals surface area contributed by atoms with Gasteiger partial charge in [-0.1, -0.05) is 11.6 Å². The summed E-state index contributed by atoms with van der Waals surface area (Å²) in [4.78, 5) is 8.42. The number of aromatic nitrogens is 6. The molecule has 0 aliphatic heterocycles. The molecule has 4 rings (SSSR count). The predicted octanol–water partition coefficient (Wildman–Crippen LogP) is 3.00. The SMILES string of the molecule is COc1cc2c(-n3ccnc3)c(-c3n[nH]c(C(C)O)n3)n(C)c2c(F)c1Cl. The second kappa shape index (κ2) is 6.36. The van der Waals surface area contributed by atoms with Gasteiger partial charge in [0.15, 0.2) is 17.5 Å². The van der Waals surface area contributed by atoms with Gasteiger partial charge >= 0.3 is 0 Å². The molecule has 27 heavy (non-hydrogen) atoms. The Bertz CT molecular complexity index is 1130. The van der Waals surface area contributed by atoms with Gasteiger partial charge in [-0.3, -0.25) is 5.10 Å². The second-order valence-corrected chi connectivity index (χ2v) is 6.43. The minimum absolute atomic E-state index is 0.103. The maximum atomic E-state index is 15.0. The average Bonchev–Trinajstić information content (AvgIpc) is 3.36. The van der Waals surface area contributed by atoms with Crippen LogP contribution in [0.25, 0.3) is 28.1 Å². The molecule has 0 bridgehead atoms. The Morgan fingerprint density at radius 2 is 2.19 bits per heavy atom. The largest absolute Gasteiger partial charge is 0.495 e. The summed E-state index contributed by atoms with van der Waals surface area (Å²) >= 11 is 6.12. The van der Waals surface area contributed by atoms with Crippen molar-refractivity contribution in [3.63, 3.8) is 0 Å². The van der Waals surface area contributed by atoms with Crippen molar-refractivity contribution in [1.29, 1.82) is 0 Å². The summed E-state index contributed by atoms with van der Waals surface area (Å²) in [5.41, 5.74) is 1.44. The van der Waals surface area contributed by atoms with Crippen LogP contribution in [0.15, 0.2) is 24.8 Å². The first-order chi connectivity index (χ1) is 12.9. The van der Waals surface area contributed by atoms with Crippen molar-refractivity contribution >= 4 is 22.5 Å². The molecule has 1 atom stereocenters. The molecular weight excluding hydrogens is 375 g/mol. The lowest BCUT2D eigenvalue weighted by molar-refractivity contribution is 0.189. The number of ether oxygens (including phenoxy) is 1. The van der Waals surface area contributed by atoms with Crippen LogP contribution in [0.2, 0.25) is 5.02 Å². The highest BCUT2D eigenvalue weighted by Gasteiger charge is 2.26. The molecule has 0 aliphatic rings. The summed E-state index contributed by atoms with van der Waals surface area (Å²) in [7, 11) is 3.12. The van der Waals surface area contributed by atoms with Crippen molar-refractivity contribution in [3.05, 3.63) is 41.5 Å². The quantitative estimate of drug-likeness (QED) is 0.558. The zero-order valence-corrected chi connectivity index (χ0v) is 15.5. The molecule has 0 amide bonds. The van der Waals surface area contributed by atoms with Gasteiger partial charge in [0.25, 0.3) is 0 Å². The molecule has 1 aromatic carbocycles. The molecule has 0 saturated heterocycles. The van der Waals surface area contributed by atoms with E-state index >= 15 is 4.39 Å². The normalized spacial score (nSPS) is 12.7. The molecule has 2 N–H and O–H groups in total. The van der Waals surface area contributed by atoms with Crippen LogP contribution in [0.3, 0.4) is 0 Å². The van der Waals surface area contributed by atoms with E-state index in [-0.39, 0.29) is 16.3 Å². The molecule has 4 aromatic rings. The van der Waals surface area contributed by atoms with Gasteiger partial charge in [-0.25, -0.2) is 14.4 Å². The van der Waals surface area contributed by atoms with E-state index < -0.39 is 11.9 Å². The molecule has 0 saturated carbocycles. The van der Waals surface area contributed by atoms with Crippen LogP contribution >= 0.6 is 11.6 Å². The molecule has 0 spiro atoms. The van der Waals surface area contributed by atoms with E-state index in [1.165, 1.54) is 7.11 Å². The van der Waals surface area contributed by atoms with Gasteiger partial charge in [0, 0.05) is 24.8 Å². The topological polar surface area (TPSA) is 93.8 Å². The van der Waals surface area contributed by atoms with Gasteiger partial charge in [-0.15, -0.1) is 0 Å². The first-order valence-electron chi connectivity index (χ1n) is 8.07. The third-order valence-electron chi connectivity index (χ3n) is 4.39. The fraction of sp³-hybridized carbons (Fsp3) is 0.235. The number of aliphatic hydroxyl groups excluding tert-OH is 1. The number of hydrogen-bond donors (Lipinski definition) is 2. The lowest BCUT2D eigenvalue weighted by Crippen LogP contribution is -1.99. The Morgan fingerprint density at radius 1 is 1.41 bits per heavy atom. The number of H-pyrrole nitrogens is 1. The summed E-state index contributed by atoms with van der Waals surface area (Å²) in [6.07, 6.45) is 4.13. The lowest BCUT2D eigenvalue weighted by Gasteiger charge is -2.07. The molecule has 1 unspecified atom stereocenters. The number of imidazole rings is 1. The highest BCUT2D eigenvalue weighted by molar-refractivity contribution is 6.33. The predicted molar refractivity (Wildman–Crippen MR) is 97.6 cm³/mol. The summed E-state index contributed by atoms with van der Waals surface area (Å²) < 4.78 is 23.6. The van der Waals surface area contributed by atoms with Gasteiger partial charge in [-0.2, -0.15) is 5.10 Å². The first-order valence-corrected chi connectivity index (χ1v) is 8.45. The number of aromatic amines is 1. The monoisotopic (exact) mass is 390 g/mol. The molecule has 0 fully saturated rings. The molecule has 0 aliphatic carbocycles. The van der Waals surface area contributed by atoms with Crippen LogP contribution in [0.1, 0.15) is 18.9 Å². The van der Waals surface area contributed by atoms with E-state index in [2.05, 4.69) is 20.2 Å². The molecule has 140 valence electrons. The molecule has 3 aromatic heterocycles. The Kier molecular flexibility index (Phi) is 4.12. The van der Waals surface area contributed by atoms with E-state index in [9.17, 15) is 5.11 Å². The summed E-state index contributed by atoms with van der Waals surface area (Å²) in [5, 5.41) is 17.1. The van der Waals surface area contributed by atoms with Crippen molar-refractivity contribution in [2.24, 2.45) is 7.05 Å². The third kappa shape index (κ3) is 2.58. The van der Waals surface area contributed by atoms with Crippen molar-refractivity contribution in [3.8, 4) is 23.0 Å². The van der Waals surface area contributed by atoms with Crippen molar-refractivity contribution in [2.75, 3.05) is 7.11 Å². The van der Waals surface area contributed by atoms with Crippen LogP contribution in [0.5, 0.6) is 5.75 Å². The highest BCUT2D eigenvalue weighted by Crippen LogP contribution is 2.41. The molecule has 0 radical (unpaired) electrons. The van der Waals surface area contributed by atoms with Crippen LogP contribution in [-0.2, 0) is 7.05 Å². The maximum absolute atomic E-state index is 15.0. The Labute approximate surface area is 158 Å². The number of methoxy groups -OCH3 is 1. The van der Waals surface area contributed by atoms with Gasteiger partial charge < -0.3 is 19.0 Å². The number of aryl methyl sites for hydroxylation is 1. The average molecular weight is 391 g/mol. The Balaban J connectivity index is 2.12. The number of fused-ring (bicyclic) bond motifs is 1. The number of halogens is 2. The fourth-order valence-electron chi connectivity index (χ4n) is 3.12. The molecular formula is C17H16ClFN6O2. The third-order valence-corrected chi connectivity index (χ3v) is 4.74. The number of benzene rings is 1. The summed E-state index contributed by atoms with van der Waals surface area (Å²) in [5.74, 6) is 0.234. The number of hydrogen-bond acceptors (Lipinski definition) is 5. The molecule has 8 nitrogen and oxygen atoms in total. The Morgan fingerprint density at radius 3 is 2.78 bits per heavy atom. The minimum Gasteiger partial charge on any atom is -0.495 e. The first kappa shape index (κ1) is 17.5. The number of nitrogens with one attached hydrogen (secondary N) is 1. The number of nitrogens with zero attached hydrogens (tertiary/aromatic N) is 5. The van der Waals surface area contributed by atoms with Crippen LogP contribution in [0, 0.1) is 5.82 Å². The number of rotatable bonds is 4. The van der Waals surface area contributed by atoms with Crippen LogP contribution in [-0.4, -0.2) is 41.5 Å². The van der Waals surface area contributed by atoms with Gasteiger partial charge in [0.05, 0.1) is 24.6 Å². The van der Waals surface area contributed by atoms with E-state index in [1.807, 2.05) is 0 Å². The van der Waals surface area contributed by atoms with Gasteiger partial charge in [0.2, 0.25) is 0 Å². The van der Waals surface area contributed by atoms with Gasteiger partial charge in [-0.05, 0) is 13.0 Å². The summed E-state index contributed by atoms with van der Waals surface area (Å²) in [6, 6.07) is 1.67. The lowest BCUT2D eigenvalue weighted by atomic mass is 10.2. The van der Waals surface area contributed by atoms with E-state index in [1.54, 1.807) is 47.9 Å². The van der Waals surface area contributed by atoms with E-state index in [0.717, 1.165) is 0 Å². The number of aliphatic hydroxyl groups is 1. The van der Waals surface area contributed by atoms with Crippen molar-refractivity contribution < 1.29 is 14.2 Å². The standard InChI is InChI=1S/C17H16ClFN6O2/c1-8(26)16-21-17(23-22-16)15-14(25-5-4-20-7-25)9-6-10(27-3)11(18)12(19)13(9)24(15)2/h4-8,26H,1-3H3,(H,21,22,23). The van der Waals surface area contributed by atoms with Crippen LogP contribution < -0.4 is 4.74 Å². The fourth-order valence-corrected chi connectivity index (χ4v) is 3.35. The van der Waals surface area contributed by atoms with E-state index in [0.29, 0.717) is 28.4 Å². The molecule has 10 heteroatoms. The smallest absolute Gasteiger partial charge is 0.200 e. The highest BCUT2D eigenvalue weighted by atomic mass is 35.5. The maximum Gasteiger partial charge on any atom is 0.200 e. The van der Waals surface area contributed by atoms with Gasteiger partial charge in [0.1, 0.15) is 22.6 Å². The van der Waals surface area contributed by atoms with Crippen molar-refractivity contribution in [2.45, 2.75) is 13.0 Å². The zero-order valence-electron chi connectivity index (χ0n) is 14.7. The Hall–Kier alpha value is -2.91. The molecule has 3 heterocycles. The zero-order chi connectivity index (χ0) is 19.3. The van der Waals surface area contributed by atoms with Crippen molar-refractivity contribution in [1.82, 2.24) is 29.3 Å². The van der Waals surface area contributed by atoms with E-state index in [4.69, 9.17) is 16.3 Å².